The minimum Gasteiger partial charge on any atom is -0.365 e. The van der Waals surface area contributed by atoms with Crippen LogP contribution < -0.4 is 0 Å². The van der Waals surface area contributed by atoms with Gasteiger partial charge in [0.15, 0.2) is 0 Å². The Labute approximate surface area is 192 Å². The molecule has 158 valence electrons. The number of fused-ring (bicyclic) bond motifs is 1. The van der Waals surface area contributed by atoms with Gasteiger partial charge in [0.2, 0.25) is 5.91 Å². The molecule has 1 aromatic heterocycles. The highest BCUT2D eigenvalue weighted by atomic mass is 35.5. The van der Waals surface area contributed by atoms with Crippen LogP contribution in [0.1, 0.15) is 26.7 Å². The summed E-state index contributed by atoms with van der Waals surface area (Å²) >= 11 is 7.83. The van der Waals surface area contributed by atoms with Crippen LogP contribution in [0.5, 0.6) is 0 Å². The quantitative estimate of drug-likeness (QED) is 0.457. The molecule has 1 aliphatic heterocycles. The first-order chi connectivity index (χ1) is 14.9. The molecule has 0 atom stereocenters. The maximum atomic E-state index is 13.0. The predicted octanol–water partition coefficient (Wildman–Crippen LogP) is 5.63. The van der Waals surface area contributed by atoms with Crippen LogP contribution in [0.2, 0.25) is 5.02 Å². The molecule has 2 aromatic carbocycles. The zero-order valence-corrected chi connectivity index (χ0v) is 19.2. The number of allylic oxidation sites excluding steroid dienone is 2. The fourth-order valence-corrected chi connectivity index (χ4v) is 4.84. The molecule has 0 fully saturated rings. The average molecular weight is 450 g/mol. The predicted molar refractivity (Wildman–Crippen MR) is 129 cm³/mol. The van der Waals surface area contributed by atoms with Crippen LogP contribution in [-0.4, -0.2) is 34.3 Å². The van der Waals surface area contributed by atoms with E-state index in [2.05, 4.69) is 11.6 Å². The number of amides is 1. The van der Waals surface area contributed by atoms with E-state index >= 15 is 0 Å². The summed E-state index contributed by atoms with van der Waals surface area (Å²) in [6.45, 7) is 7.75. The van der Waals surface area contributed by atoms with E-state index in [4.69, 9.17) is 11.6 Å². The first-order valence-electron chi connectivity index (χ1n) is 10.1. The Balaban J connectivity index is 1.54. The van der Waals surface area contributed by atoms with Gasteiger partial charge in [-0.05, 0) is 41.8 Å². The molecule has 4 rings (SSSR count). The zero-order valence-electron chi connectivity index (χ0n) is 17.6. The number of carbonyl (C=O) groups excluding carboxylic acids is 1. The Bertz CT molecular complexity index is 1130. The minimum absolute atomic E-state index is 0.0838. The van der Waals surface area contributed by atoms with E-state index < -0.39 is 0 Å². The number of nitrogens with zero attached hydrogens (tertiary/aromatic N) is 3. The van der Waals surface area contributed by atoms with Gasteiger partial charge in [-0.2, -0.15) is 0 Å². The second-order valence-corrected chi connectivity index (χ2v) is 9.36. The van der Waals surface area contributed by atoms with Crippen LogP contribution in [0.25, 0.3) is 11.3 Å². The lowest BCUT2D eigenvalue weighted by molar-refractivity contribution is -0.132. The molecule has 0 unspecified atom stereocenters. The molecule has 0 N–H and O–H groups in total. The SMILES string of the molecule is C=C(/C=C(/c1ccccc1)N(C)CC(=O)N1Cc2nc(C)sc2C1)c1cccc(Cl)c1. The standard InChI is InChI=1S/C25H24ClN3OS/c1-17(20-10-7-11-21(26)13-20)12-23(19-8-5-4-6-9-19)28(3)16-25(30)29-14-22-24(15-29)31-18(2)27-22/h4-13H,1,14-16H2,2-3H3/b23-12-. The van der Waals surface area contributed by atoms with Gasteiger partial charge in [0.25, 0.3) is 0 Å². The number of rotatable bonds is 6. The molecular formula is C25H24ClN3OS. The van der Waals surface area contributed by atoms with Crippen molar-refractivity contribution in [2.24, 2.45) is 0 Å². The van der Waals surface area contributed by atoms with Crippen molar-refractivity contribution < 1.29 is 4.79 Å². The van der Waals surface area contributed by atoms with Crippen molar-refractivity contribution in [3.05, 3.63) is 99.0 Å². The molecule has 2 heterocycles. The Morgan fingerprint density at radius 3 is 2.65 bits per heavy atom. The van der Waals surface area contributed by atoms with Gasteiger partial charge >= 0.3 is 0 Å². The highest BCUT2D eigenvalue weighted by Gasteiger charge is 2.27. The summed E-state index contributed by atoms with van der Waals surface area (Å²) in [5.41, 5.74) is 4.78. The smallest absolute Gasteiger partial charge is 0.242 e. The number of carbonyl (C=O) groups is 1. The van der Waals surface area contributed by atoms with E-state index in [9.17, 15) is 4.79 Å². The summed E-state index contributed by atoms with van der Waals surface area (Å²) < 4.78 is 0. The summed E-state index contributed by atoms with van der Waals surface area (Å²) in [5.74, 6) is 0.0838. The number of halogens is 1. The molecule has 3 aromatic rings. The van der Waals surface area contributed by atoms with Gasteiger partial charge in [0, 0.05) is 22.6 Å². The maximum absolute atomic E-state index is 13.0. The largest absolute Gasteiger partial charge is 0.365 e. The maximum Gasteiger partial charge on any atom is 0.242 e. The Morgan fingerprint density at radius 1 is 1.19 bits per heavy atom. The topological polar surface area (TPSA) is 36.4 Å². The lowest BCUT2D eigenvalue weighted by atomic mass is 10.0. The molecule has 0 spiro atoms. The zero-order chi connectivity index (χ0) is 22.0. The summed E-state index contributed by atoms with van der Waals surface area (Å²) in [4.78, 5) is 22.6. The number of aromatic nitrogens is 1. The van der Waals surface area contributed by atoms with Crippen molar-refractivity contribution in [1.29, 1.82) is 0 Å². The van der Waals surface area contributed by atoms with Crippen molar-refractivity contribution in [3.8, 4) is 0 Å². The third-order valence-electron chi connectivity index (χ3n) is 5.27. The molecular weight excluding hydrogens is 426 g/mol. The van der Waals surface area contributed by atoms with E-state index in [0.717, 1.165) is 33.1 Å². The third kappa shape index (κ3) is 4.89. The molecule has 0 saturated heterocycles. The monoisotopic (exact) mass is 449 g/mol. The Hall–Kier alpha value is -2.89. The summed E-state index contributed by atoms with van der Waals surface area (Å²) in [6.07, 6.45) is 2.01. The van der Waals surface area contributed by atoms with Gasteiger partial charge in [-0.15, -0.1) is 11.3 Å². The fraction of sp³-hybridized carbons (Fsp3) is 0.200. The summed E-state index contributed by atoms with van der Waals surface area (Å²) in [5, 5.41) is 1.73. The molecule has 31 heavy (non-hydrogen) atoms. The lowest BCUT2D eigenvalue weighted by Gasteiger charge is -2.26. The van der Waals surface area contributed by atoms with Crippen molar-refractivity contribution in [1.82, 2.24) is 14.8 Å². The second-order valence-electron chi connectivity index (χ2n) is 7.64. The van der Waals surface area contributed by atoms with Gasteiger partial charge in [-0.25, -0.2) is 4.98 Å². The normalized spacial score (nSPS) is 13.3. The first-order valence-corrected chi connectivity index (χ1v) is 11.3. The molecule has 0 saturated carbocycles. The van der Waals surface area contributed by atoms with E-state index in [-0.39, 0.29) is 12.5 Å². The van der Waals surface area contributed by atoms with Crippen molar-refractivity contribution in [3.63, 3.8) is 0 Å². The van der Waals surface area contributed by atoms with E-state index in [1.807, 2.05) is 84.4 Å². The van der Waals surface area contributed by atoms with Crippen LogP contribution in [-0.2, 0) is 17.9 Å². The fourth-order valence-electron chi connectivity index (χ4n) is 3.69. The molecule has 6 heteroatoms. The van der Waals surface area contributed by atoms with Crippen molar-refractivity contribution >= 4 is 40.1 Å². The lowest BCUT2D eigenvalue weighted by Crippen LogP contribution is -2.35. The van der Waals surface area contributed by atoms with Gasteiger partial charge in [-0.3, -0.25) is 4.79 Å². The van der Waals surface area contributed by atoms with Gasteiger partial charge in [0.1, 0.15) is 0 Å². The third-order valence-corrected chi connectivity index (χ3v) is 6.51. The molecule has 0 radical (unpaired) electrons. The number of hydrogen-bond donors (Lipinski definition) is 0. The summed E-state index contributed by atoms with van der Waals surface area (Å²) in [7, 11) is 1.94. The number of thiazole rings is 1. The van der Waals surface area contributed by atoms with E-state index in [1.165, 1.54) is 4.88 Å². The minimum atomic E-state index is 0.0838. The second kappa shape index (κ2) is 9.08. The first kappa shape index (κ1) is 21.3. The summed E-state index contributed by atoms with van der Waals surface area (Å²) in [6, 6.07) is 17.7. The van der Waals surface area contributed by atoms with E-state index in [0.29, 0.717) is 18.1 Å². The molecule has 0 bridgehead atoms. The molecule has 1 aliphatic rings. The van der Waals surface area contributed by atoms with Gasteiger partial charge < -0.3 is 9.80 Å². The van der Waals surface area contributed by atoms with Crippen molar-refractivity contribution in [2.75, 3.05) is 13.6 Å². The van der Waals surface area contributed by atoms with Crippen LogP contribution in [0.3, 0.4) is 0 Å². The number of benzene rings is 2. The van der Waals surface area contributed by atoms with Gasteiger partial charge in [-0.1, -0.05) is 60.6 Å². The molecule has 0 aliphatic carbocycles. The highest BCUT2D eigenvalue weighted by molar-refractivity contribution is 7.11. The molecule has 4 nitrogen and oxygen atoms in total. The van der Waals surface area contributed by atoms with Crippen LogP contribution in [0.15, 0.2) is 67.3 Å². The van der Waals surface area contributed by atoms with Crippen LogP contribution in [0.4, 0.5) is 0 Å². The average Bonchev–Trinajstić information content (AvgIpc) is 3.30. The Morgan fingerprint density at radius 2 is 1.94 bits per heavy atom. The van der Waals surface area contributed by atoms with E-state index in [1.54, 1.807) is 11.3 Å². The highest BCUT2D eigenvalue weighted by Crippen LogP contribution is 2.29. The number of likely N-dealkylation sites (N-methyl/N-ethyl adjacent to an activating group) is 1. The molecule has 1 amide bonds. The Kier molecular flexibility index (Phi) is 6.25. The van der Waals surface area contributed by atoms with Crippen LogP contribution in [0, 0.1) is 6.92 Å². The number of aryl methyl sites for hydroxylation is 1. The van der Waals surface area contributed by atoms with Gasteiger partial charge in [0.05, 0.1) is 30.3 Å². The number of hydrogen-bond acceptors (Lipinski definition) is 4. The van der Waals surface area contributed by atoms with Crippen LogP contribution >= 0.6 is 22.9 Å². The van der Waals surface area contributed by atoms with Crippen molar-refractivity contribution in [2.45, 2.75) is 20.0 Å².